The van der Waals surface area contributed by atoms with Crippen molar-refractivity contribution < 1.29 is 9.52 Å². The molecule has 3 aromatic rings. The molecule has 3 rings (SSSR count). The van der Waals surface area contributed by atoms with E-state index in [2.05, 4.69) is 28.7 Å². The van der Waals surface area contributed by atoms with E-state index in [1.54, 1.807) is 36.5 Å². The summed E-state index contributed by atoms with van der Waals surface area (Å²) in [6.07, 6.45) is 2.88. The van der Waals surface area contributed by atoms with Crippen LogP contribution in [0.3, 0.4) is 0 Å². The lowest BCUT2D eigenvalue weighted by molar-refractivity contribution is 0.466. The Hall–Kier alpha value is -3.15. The molecule has 1 N–H and O–H groups in total. The van der Waals surface area contributed by atoms with Crippen LogP contribution in [0.25, 0.3) is 11.0 Å². The minimum absolute atomic E-state index is 0.00809. The average molecular weight is 337 g/mol. The predicted molar refractivity (Wildman–Crippen MR) is 99.2 cm³/mol. The van der Waals surface area contributed by atoms with Crippen molar-refractivity contribution in [2.75, 3.05) is 18.0 Å². The Morgan fingerprint density at radius 3 is 2.72 bits per heavy atom. The molecule has 0 radical (unpaired) electrons. The number of aromatic nitrogens is 1. The van der Waals surface area contributed by atoms with E-state index in [1.807, 2.05) is 6.07 Å². The molecule has 0 unspecified atom stereocenters. The van der Waals surface area contributed by atoms with Gasteiger partial charge in [-0.1, -0.05) is 6.07 Å². The van der Waals surface area contributed by atoms with E-state index >= 15 is 0 Å². The van der Waals surface area contributed by atoms with Gasteiger partial charge in [-0.25, -0.2) is 14.8 Å². The third-order valence-corrected chi connectivity index (χ3v) is 4.00. The summed E-state index contributed by atoms with van der Waals surface area (Å²) in [5.74, 6) is 0.301. The van der Waals surface area contributed by atoms with Gasteiger partial charge in [-0.15, -0.1) is 0 Å². The highest BCUT2D eigenvalue weighted by Crippen LogP contribution is 2.29. The predicted octanol–water partition coefficient (Wildman–Crippen LogP) is 3.49. The Labute approximate surface area is 145 Å². The maximum atomic E-state index is 12.2. The molecule has 0 bridgehead atoms. The standard InChI is InChI=1S/C19H19N3O3/c1-3-22(4-2)13-8-9-14-16(11-13)25-19(24)15(18(14)23)12-21-17-7-5-6-10-20-17/h5-12,23H,3-4H2,1-2H3/b21-12+. The van der Waals surface area contributed by atoms with Gasteiger partial charge >= 0.3 is 5.63 Å². The molecule has 6 heteroatoms. The Morgan fingerprint density at radius 2 is 2.04 bits per heavy atom. The van der Waals surface area contributed by atoms with Crippen molar-refractivity contribution >= 4 is 28.7 Å². The molecule has 0 aliphatic rings. The van der Waals surface area contributed by atoms with Gasteiger partial charge in [0.05, 0.1) is 5.39 Å². The topological polar surface area (TPSA) is 78.9 Å². The number of hydrogen-bond donors (Lipinski definition) is 1. The first kappa shape index (κ1) is 16.7. The van der Waals surface area contributed by atoms with E-state index < -0.39 is 5.63 Å². The minimum atomic E-state index is -0.638. The molecule has 0 aliphatic carbocycles. The smallest absolute Gasteiger partial charge is 0.348 e. The first-order chi connectivity index (χ1) is 12.1. The van der Waals surface area contributed by atoms with E-state index in [1.165, 1.54) is 6.21 Å². The summed E-state index contributed by atoms with van der Waals surface area (Å²) in [6, 6.07) is 10.7. The summed E-state index contributed by atoms with van der Waals surface area (Å²) in [4.78, 5) is 22.5. The molecule has 6 nitrogen and oxygen atoms in total. The van der Waals surface area contributed by atoms with Crippen LogP contribution in [0, 0.1) is 0 Å². The molecule has 0 amide bonds. The van der Waals surface area contributed by atoms with Crippen LogP contribution < -0.4 is 10.5 Å². The first-order valence-electron chi connectivity index (χ1n) is 8.14. The molecule has 2 aromatic heterocycles. The number of nitrogens with zero attached hydrogens (tertiary/aromatic N) is 3. The third-order valence-electron chi connectivity index (χ3n) is 4.00. The number of benzene rings is 1. The number of pyridine rings is 1. The fourth-order valence-electron chi connectivity index (χ4n) is 2.65. The second kappa shape index (κ2) is 7.17. The van der Waals surface area contributed by atoms with Gasteiger partial charge in [0, 0.05) is 37.3 Å². The van der Waals surface area contributed by atoms with Crippen molar-refractivity contribution in [1.29, 1.82) is 0 Å². The highest BCUT2D eigenvalue weighted by molar-refractivity contribution is 5.95. The summed E-state index contributed by atoms with van der Waals surface area (Å²) in [5, 5.41) is 10.9. The van der Waals surface area contributed by atoms with Crippen LogP contribution in [0.4, 0.5) is 11.5 Å². The van der Waals surface area contributed by atoms with E-state index in [9.17, 15) is 9.90 Å². The summed E-state index contributed by atoms with van der Waals surface area (Å²) in [5.41, 5.74) is 0.659. The van der Waals surface area contributed by atoms with Crippen molar-refractivity contribution in [2.24, 2.45) is 4.99 Å². The Bertz CT molecular complexity index is 961. The Balaban J connectivity index is 2.06. The lowest BCUT2D eigenvalue weighted by atomic mass is 10.1. The normalized spacial score (nSPS) is 11.3. The molecule has 25 heavy (non-hydrogen) atoms. The highest BCUT2D eigenvalue weighted by atomic mass is 16.4. The lowest BCUT2D eigenvalue weighted by Crippen LogP contribution is -2.21. The largest absolute Gasteiger partial charge is 0.506 e. The molecular formula is C19H19N3O3. The Kier molecular flexibility index (Phi) is 4.79. The Morgan fingerprint density at radius 1 is 1.24 bits per heavy atom. The monoisotopic (exact) mass is 337 g/mol. The zero-order valence-electron chi connectivity index (χ0n) is 14.1. The summed E-state index contributed by atoms with van der Waals surface area (Å²) < 4.78 is 5.39. The van der Waals surface area contributed by atoms with E-state index in [0.29, 0.717) is 16.8 Å². The van der Waals surface area contributed by atoms with Crippen molar-refractivity contribution in [3.63, 3.8) is 0 Å². The molecule has 0 saturated heterocycles. The molecule has 0 aliphatic heterocycles. The van der Waals surface area contributed by atoms with Gasteiger partial charge in [-0.3, -0.25) is 0 Å². The van der Waals surface area contributed by atoms with Gasteiger partial charge in [-0.2, -0.15) is 0 Å². The van der Waals surface area contributed by atoms with Gasteiger partial charge < -0.3 is 14.4 Å². The molecule has 128 valence electrons. The first-order valence-corrected chi connectivity index (χ1v) is 8.14. The maximum Gasteiger partial charge on any atom is 0.348 e. The quantitative estimate of drug-likeness (QED) is 0.569. The van der Waals surface area contributed by atoms with E-state index in [4.69, 9.17) is 4.42 Å². The molecule has 2 heterocycles. The van der Waals surface area contributed by atoms with Crippen LogP contribution >= 0.6 is 0 Å². The molecule has 1 aromatic carbocycles. The van der Waals surface area contributed by atoms with Crippen molar-refractivity contribution in [2.45, 2.75) is 13.8 Å². The number of anilines is 1. The summed E-state index contributed by atoms with van der Waals surface area (Å²) in [6.45, 7) is 5.79. The third kappa shape index (κ3) is 3.38. The van der Waals surface area contributed by atoms with Crippen LogP contribution in [0.2, 0.25) is 0 Å². The van der Waals surface area contributed by atoms with E-state index in [0.717, 1.165) is 18.8 Å². The number of rotatable bonds is 5. The van der Waals surface area contributed by atoms with Gasteiger partial charge in [-0.05, 0) is 38.1 Å². The summed E-state index contributed by atoms with van der Waals surface area (Å²) >= 11 is 0. The zero-order valence-corrected chi connectivity index (χ0v) is 14.1. The number of aromatic hydroxyl groups is 1. The summed E-state index contributed by atoms with van der Waals surface area (Å²) in [7, 11) is 0. The molecule has 0 fully saturated rings. The maximum absolute atomic E-state index is 12.2. The molecular weight excluding hydrogens is 318 g/mol. The van der Waals surface area contributed by atoms with E-state index in [-0.39, 0.29) is 11.3 Å². The van der Waals surface area contributed by atoms with Crippen LogP contribution in [-0.2, 0) is 0 Å². The number of hydrogen-bond acceptors (Lipinski definition) is 6. The highest BCUT2D eigenvalue weighted by Gasteiger charge is 2.14. The zero-order chi connectivity index (χ0) is 17.8. The van der Waals surface area contributed by atoms with Crippen molar-refractivity contribution in [1.82, 2.24) is 4.98 Å². The van der Waals surface area contributed by atoms with Gasteiger partial charge in [0.15, 0.2) is 5.82 Å². The lowest BCUT2D eigenvalue weighted by Gasteiger charge is -2.21. The van der Waals surface area contributed by atoms with Crippen molar-refractivity contribution in [3.05, 3.63) is 58.6 Å². The number of aliphatic imine (C=N–C) groups is 1. The van der Waals surface area contributed by atoms with Gasteiger partial charge in [0.1, 0.15) is 16.9 Å². The second-order valence-corrected chi connectivity index (χ2v) is 5.45. The fraction of sp³-hybridized carbons (Fsp3) is 0.211. The van der Waals surface area contributed by atoms with Crippen LogP contribution in [0.15, 0.2) is 56.8 Å². The van der Waals surface area contributed by atoms with Gasteiger partial charge in [0.25, 0.3) is 0 Å². The SMILES string of the molecule is CCN(CC)c1ccc2c(O)c(/C=N/c3ccccn3)c(=O)oc2c1. The van der Waals surface area contributed by atoms with Gasteiger partial charge in [0.2, 0.25) is 0 Å². The molecule has 0 atom stereocenters. The fourth-order valence-corrected chi connectivity index (χ4v) is 2.65. The van der Waals surface area contributed by atoms with Crippen LogP contribution in [0.1, 0.15) is 19.4 Å². The molecule has 0 spiro atoms. The minimum Gasteiger partial charge on any atom is -0.506 e. The van der Waals surface area contributed by atoms with Crippen LogP contribution in [-0.4, -0.2) is 29.4 Å². The number of fused-ring (bicyclic) bond motifs is 1. The average Bonchev–Trinajstić information content (AvgIpc) is 2.63. The van der Waals surface area contributed by atoms with Crippen LogP contribution in [0.5, 0.6) is 5.75 Å². The second-order valence-electron chi connectivity index (χ2n) is 5.45. The van der Waals surface area contributed by atoms with Crippen molar-refractivity contribution in [3.8, 4) is 5.75 Å². The molecule has 0 saturated carbocycles.